The van der Waals surface area contributed by atoms with E-state index in [2.05, 4.69) is 14.6 Å². The van der Waals surface area contributed by atoms with Crippen LogP contribution in [0.1, 0.15) is 12.8 Å². The van der Waals surface area contributed by atoms with Crippen LogP contribution >= 0.6 is 0 Å². The molecule has 0 saturated carbocycles. The fourth-order valence-corrected chi connectivity index (χ4v) is 2.82. The first-order chi connectivity index (χ1) is 12.0. The van der Waals surface area contributed by atoms with Gasteiger partial charge >= 0.3 is 6.36 Å². The molecule has 1 aromatic heterocycles. The van der Waals surface area contributed by atoms with Crippen molar-refractivity contribution in [3.63, 3.8) is 0 Å². The number of nitrogens with zero attached hydrogens (tertiary/aromatic N) is 2. The van der Waals surface area contributed by atoms with E-state index in [1.807, 2.05) is 18.2 Å². The lowest BCUT2D eigenvalue weighted by atomic mass is 9.98. The van der Waals surface area contributed by atoms with Crippen molar-refractivity contribution in [1.29, 1.82) is 0 Å². The van der Waals surface area contributed by atoms with Crippen LogP contribution in [0.5, 0.6) is 11.5 Å². The number of piperidine rings is 1. The van der Waals surface area contributed by atoms with Crippen LogP contribution in [0.15, 0.2) is 48.7 Å². The maximum Gasteiger partial charge on any atom is 0.573 e. The molecule has 0 spiro atoms. The van der Waals surface area contributed by atoms with Crippen molar-refractivity contribution >= 4 is 5.82 Å². The molecule has 134 valence electrons. The molecular formula is C18H19F3N2O2. The van der Waals surface area contributed by atoms with Crippen molar-refractivity contribution in [2.75, 3.05) is 24.6 Å². The SMILES string of the molecule is FC(F)(F)Oc1ccc(OCC2CCN(c3ccccn3)CC2)cc1. The van der Waals surface area contributed by atoms with Gasteiger partial charge in [0.15, 0.2) is 0 Å². The van der Waals surface area contributed by atoms with E-state index in [9.17, 15) is 13.2 Å². The highest BCUT2D eigenvalue weighted by molar-refractivity contribution is 5.38. The van der Waals surface area contributed by atoms with E-state index < -0.39 is 6.36 Å². The van der Waals surface area contributed by atoms with E-state index in [1.54, 1.807) is 6.20 Å². The van der Waals surface area contributed by atoms with Crippen LogP contribution in [0.3, 0.4) is 0 Å². The number of aromatic nitrogens is 1. The number of anilines is 1. The molecule has 4 nitrogen and oxygen atoms in total. The monoisotopic (exact) mass is 352 g/mol. The fraction of sp³-hybridized carbons (Fsp3) is 0.389. The molecule has 25 heavy (non-hydrogen) atoms. The third kappa shape index (κ3) is 5.27. The number of rotatable bonds is 5. The molecule has 1 aromatic carbocycles. The lowest BCUT2D eigenvalue weighted by molar-refractivity contribution is -0.274. The first-order valence-corrected chi connectivity index (χ1v) is 8.14. The first kappa shape index (κ1) is 17.4. The van der Waals surface area contributed by atoms with Crippen molar-refractivity contribution in [2.24, 2.45) is 5.92 Å². The topological polar surface area (TPSA) is 34.6 Å². The van der Waals surface area contributed by atoms with E-state index in [4.69, 9.17) is 4.74 Å². The summed E-state index contributed by atoms with van der Waals surface area (Å²) < 4.78 is 45.9. The van der Waals surface area contributed by atoms with Crippen molar-refractivity contribution in [3.8, 4) is 11.5 Å². The number of halogens is 3. The Labute approximate surface area is 144 Å². The molecule has 3 rings (SSSR count). The minimum atomic E-state index is -4.68. The van der Waals surface area contributed by atoms with Gasteiger partial charge in [0.2, 0.25) is 0 Å². The normalized spacial score (nSPS) is 15.9. The second-order valence-corrected chi connectivity index (χ2v) is 5.95. The van der Waals surface area contributed by atoms with Gasteiger partial charge in [-0.1, -0.05) is 6.07 Å². The van der Waals surface area contributed by atoms with E-state index >= 15 is 0 Å². The number of alkyl halides is 3. The summed E-state index contributed by atoms with van der Waals surface area (Å²) in [5, 5.41) is 0. The van der Waals surface area contributed by atoms with E-state index in [-0.39, 0.29) is 5.75 Å². The molecule has 0 radical (unpaired) electrons. The highest BCUT2D eigenvalue weighted by Gasteiger charge is 2.31. The van der Waals surface area contributed by atoms with Crippen LogP contribution in [0, 0.1) is 5.92 Å². The summed E-state index contributed by atoms with van der Waals surface area (Å²) in [5.41, 5.74) is 0. The Hall–Kier alpha value is -2.44. The molecule has 0 aliphatic carbocycles. The molecule has 7 heteroatoms. The van der Waals surface area contributed by atoms with Gasteiger partial charge in [0.25, 0.3) is 0 Å². The van der Waals surface area contributed by atoms with Crippen LogP contribution < -0.4 is 14.4 Å². The van der Waals surface area contributed by atoms with E-state index in [0.717, 1.165) is 31.7 Å². The molecule has 0 unspecified atom stereocenters. The Bertz CT molecular complexity index is 654. The summed E-state index contributed by atoms with van der Waals surface area (Å²) in [4.78, 5) is 6.61. The number of hydrogen-bond acceptors (Lipinski definition) is 4. The van der Waals surface area contributed by atoms with Crippen molar-refractivity contribution in [3.05, 3.63) is 48.7 Å². The van der Waals surface area contributed by atoms with Crippen LogP contribution in [-0.2, 0) is 0 Å². The maximum atomic E-state index is 12.1. The predicted octanol–water partition coefficient (Wildman–Crippen LogP) is 4.28. The summed E-state index contributed by atoms with van der Waals surface area (Å²) >= 11 is 0. The standard InChI is InChI=1S/C18H19F3N2O2/c19-18(20,21)25-16-6-4-15(5-7-16)24-13-14-8-11-23(12-9-14)17-3-1-2-10-22-17/h1-7,10,14H,8-9,11-13H2. The second kappa shape index (κ2) is 7.63. The quantitative estimate of drug-likeness (QED) is 0.805. The largest absolute Gasteiger partial charge is 0.573 e. The second-order valence-electron chi connectivity index (χ2n) is 5.95. The van der Waals surface area contributed by atoms with Gasteiger partial charge in [-0.3, -0.25) is 0 Å². The van der Waals surface area contributed by atoms with Gasteiger partial charge in [-0.2, -0.15) is 0 Å². The average Bonchev–Trinajstić information content (AvgIpc) is 2.61. The smallest absolute Gasteiger partial charge is 0.493 e. The molecule has 0 amide bonds. The summed E-state index contributed by atoms with van der Waals surface area (Å²) in [5.74, 6) is 1.71. The van der Waals surface area contributed by atoms with Gasteiger partial charge in [0, 0.05) is 19.3 Å². The fourth-order valence-electron chi connectivity index (χ4n) is 2.82. The zero-order valence-corrected chi connectivity index (χ0v) is 13.6. The van der Waals surface area contributed by atoms with Gasteiger partial charge in [-0.15, -0.1) is 13.2 Å². The zero-order chi connectivity index (χ0) is 17.7. The van der Waals surface area contributed by atoms with Crippen molar-refractivity contribution < 1.29 is 22.6 Å². The number of pyridine rings is 1. The Kier molecular flexibility index (Phi) is 5.31. The van der Waals surface area contributed by atoms with Gasteiger partial charge < -0.3 is 14.4 Å². The average molecular weight is 352 g/mol. The van der Waals surface area contributed by atoms with Crippen LogP contribution in [0.2, 0.25) is 0 Å². The highest BCUT2D eigenvalue weighted by Crippen LogP contribution is 2.26. The minimum absolute atomic E-state index is 0.247. The van der Waals surface area contributed by atoms with Crippen molar-refractivity contribution in [2.45, 2.75) is 19.2 Å². The van der Waals surface area contributed by atoms with Gasteiger partial charge in [0.05, 0.1) is 6.61 Å². The molecule has 1 fully saturated rings. The van der Waals surface area contributed by atoms with E-state index in [0.29, 0.717) is 18.3 Å². The highest BCUT2D eigenvalue weighted by atomic mass is 19.4. The predicted molar refractivity (Wildman–Crippen MR) is 87.8 cm³/mol. The first-order valence-electron chi connectivity index (χ1n) is 8.14. The lowest BCUT2D eigenvalue weighted by Crippen LogP contribution is -2.35. The molecule has 2 heterocycles. The number of benzene rings is 1. The molecule has 2 aromatic rings. The Morgan fingerprint density at radius 2 is 1.68 bits per heavy atom. The molecule has 1 saturated heterocycles. The summed E-state index contributed by atoms with van der Waals surface area (Å²) in [7, 11) is 0. The molecule has 0 N–H and O–H groups in total. The third-order valence-corrected chi connectivity index (χ3v) is 4.13. The summed E-state index contributed by atoms with van der Waals surface area (Å²) in [6.07, 6.45) is -0.904. The molecule has 1 aliphatic rings. The summed E-state index contributed by atoms with van der Waals surface area (Å²) in [6.45, 7) is 2.39. The zero-order valence-electron chi connectivity index (χ0n) is 13.6. The van der Waals surface area contributed by atoms with Crippen LogP contribution in [-0.4, -0.2) is 31.0 Å². The minimum Gasteiger partial charge on any atom is -0.493 e. The maximum absolute atomic E-state index is 12.1. The Morgan fingerprint density at radius 1 is 1.00 bits per heavy atom. The number of hydrogen-bond donors (Lipinski definition) is 0. The van der Waals surface area contributed by atoms with Gasteiger partial charge in [-0.05, 0) is 55.2 Å². The Balaban J connectivity index is 1.44. The van der Waals surface area contributed by atoms with Gasteiger partial charge in [0.1, 0.15) is 17.3 Å². The molecular weight excluding hydrogens is 333 g/mol. The summed E-state index contributed by atoms with van der Waals surface area (Å²) in [6, 6.07) is 11.4. The van der Waals surface area contributed by atoms with Crippen LogP contribution in [0.25, 0.3) is 0 Å². The van der Waals surface area contributed by atoms with Crippen LogP contribution in [0.4, 0.5) is 19.0 Å². The molecule has 0 bridgehead atoms. The number of ether oxygens (including phenoxy) is 2. The Morgan fingerprint density at radius 3 is 2.28 bits per heavy atom. The van der Waals surface area contributed by atoms with Gasteiger partial charge in [-0.25, -0.2) is 4.98 Å². The third-order valence-electron chi connectivity index (χ3n) is 4.13. The molecule has 0 atom stereocenters. The van der Waals surface area contributed by atoms with Crippen molar-refractivity contribution in [1.82, 2.24) is 4.98 Å². The molecule has 1 aliphatic heterocycles. The lowest BCUT2D eigenvalue weighted by Gasteiger charge is -2.32. The van der Waals surface area contributed by atoms with E-state index in [1.165, 1.54) is 24.3 Å².